The zero-order valence-electron chi connectivity index (χ0n) is 10.7. The predicted octanol–water partition coefficient (Wildman–Crippen LogP) is 3.01. The first-order chi connectivity index (χ1) is 8.81. The third kappa shape index (κ3) is 4.16. The van der Waals surface area contributed by atoms with Gasteiger partial charge in [-0.05, 0) is 25.0 Å². The first kappa shape index (κ1) is 13.7. The highest BCUT2D eigenvalue weighted by Gasteiger charge is 2.21. The predicted molar refractivity (Wildman–Crippen MR) is 73.3 cm³/mol. The molecule has 4 heteroatoms. The molecule has 0 aromatic heterocycles. The van der Waals surface area contributed by atoms with Gasteiger partial charge in [0.1, 0.15) is 5.75 Å². The smallest absolute Gasteiger partial charge is 0.125 e. The average molecular weight is 270 g/mol. The molecule has 2 rings (SSSR count). The molecule has 0 bridgehead atoms. The van der Waals surface area contributed by atoms with Gasteiger partial charge in [-0.15, -0.1) is 0 Å². The molecular weight excluding hydrogens is 250 g/mol. The van der Waals surface area contributed by atoms with Crippen molar-refractivity contribution in [1.29, 1.82) is 0 Å². The fourth-order valence-corrected chi connectivity index (χ4v) is 2.00. The Morgan fingerprint density at radius 2 is 2.17 bits per heavy atom. The summed E-state index contributed by atoms with van der Waals surface area (Å²) in [6.45, 7) is 2.16. The molecule has 0 saturated heterocycles. The Labute approximate surface area is 113 Å². The molecule has 0 spiro atoms. The summed E-state index contributed by atoms with van der Waals surface area (Å²) in [5, 5.41) is 4.24. The van der Waals surface area contributed by atoms with E-state index in [9.17, 15) is 0 Å². The summed E-state index contributed by atoms with van der Waals surface area (Å²) in [4.78, 5) is 0. The summed E-state index contributed by atoms with van der Waals surface area (Å²) >= 11 is 6.23. The van der Waals surface area contributed by atoms with E-state index >= 15 is 0 Å². The van der Waals surface area contributed by atoms with E-state index in [1.165, 1.54) is 12.8 Å². The molecule has 1 aliphatic rings. The lowest BCUT2D eigenvalue weighted by atomic mass is 10.2. The minimum atomic E-state index is 0.657. The highest BCUT2D eigenvalue weighted by Crippen LogP contribution is 2.28. The van der Waals surface area contributed by atoms with E-state index in [1.54, 1.807) is 7.11 Å². The molecule has 0 unspecified atom stereocenters. The summed E-state index contributed by atoms with van der Waals surface area (Å²) in [5.41, 5.74) is 1.06. The van der Waals surface area contributed by atoms with Crippen LogP contribution in [0.25, 0.3) is 0 Å². The zero-order valence-corrected chi connectivity index (χ0v) is 11.5. The van der Waals surface area contributed by atoms with Crippen molar-refractivity contribution in [3.8, 4) is 5.75 Å². The minimum Gasteiger partial charge on any atom is -0.493 e. The maximum absolute atomic E-state index is 6.23. The van der Waals surface area contributed by atoms with Gasteiger partial charge >= 0.3 is 0 Å². The molecule has 1 aromatic carbocycles. The van der Waals surface area contributed by atoms with Gasteiger partial charge < -0.3 is 14.8 Å². The number of ether oxygens (including phenoxy) is 2. The van der Waals surface area contributed by atoms with E-state index in [-0.39, 0.29) is 0 Å². The first-order valence-electron chi connectivity index (χ1n) is 6.44. The van der Waals surface area contributed by atoms with E-state index in [4.69, 9.17) is 21.1 Å². The zero-order chi connectivity index (χ0) is 12.8. The number of benzene rings is 1. The molecule has 100 valence electrons. The number of halogens is 1. The fraction of sp³-hybridized carbons (Fsp3) is 0.571. The van der Waals surface area contributed by atoms with Gasteiger partial charge in [0.05, 0.1) is 6.61 Å². The van der Waals surface area contributed by atoms with Gasteiger partial charge in [-0.2, -0.15) is 0 Å². The van der Waals surface area contributed by atoms with E-state index < -0.39 is 0 Å². The molecular formula is C14H20ClNO2. The fourth-order valence-electron chi connectivity index (χ4n) is 1.76. The normalized spacial score (nSPS) is 14.8. The molecule has 1 aliphatic carbocycles. The lowest BCUT2D eigenvalue weighted by molar-refractivity contribution is 0.171. The minimum absolute atomic E-state index is 0.657. The molecule has 1 aromatic rings. The van der Waals surface area contributed by atoms with Gasteiger partial charge in [-0.3, -0.25) is 0 Å². The van der Waals surface area contributed by atoms with E-state index in [0.29, 0.717) is 12.6 Å². The number of hydrogen-bond acceptors (Lipinski definition) is 3. The first-order valence-corrected chi connectivity index (χ1v) is 6.81. The Balaban J connectivity index is 1.91. The van der Waals surface area contributed by atoms with Gasteiger partial charge in [-0.1, -0.05) is 17.7 Å². The second kappa shape index (κ2) is 6.98. The lowest BCUT2D eigenvalue weighted by Gasteiger charge is -2.13. The molecule has 0 atom stereocenters. The molecule has 1 saturated carbocycles. The summed E-state index contributed by atoms with van der Waals surface area (Å²) < 4.78 is 10.8. The van der Waals surface area contributed by atoms with Crippen LogP contribution < -0.4 is 10.1 Å². The largest absolute Gasteiger partial charge is 0.493 e. The van der Waals surface area contributed by atoms with Crippen molar-refractivity contribution >= 4 is 11.6 Å². The Morgan fingerprint density at radius 3 is 2.89 bits per heavy atom. The maximum atomic E-state index is 6.23. The Hall–Kier alpha value is -0.770. The van der Waals surface area contributed by atoms with Gasteiger partial charge in [0.25, 0.3) is 0 Å². The molecule has 3 nitrogen and oxygen atoms in total. The molecule has 1 fully saturated rings. The summed E-state index contributed by atoms with van der Waals surface area (Å²) in [6.07, 6.45) is 3.43. The topological polar surface area (TPSA) is 30.5 Å². The second-order valence-electron chi connectivity index (χ2n) is 4.57. The van der Waals surface area contributed by atoms with Crippen LogP contribution in [-0.4, -0.2) is 26.4 Å². The summed E-state index contributed by atoms with van der Waals surface area (Å²) in [7, 11) is 1.70. The molecule has 1 N–H and O–H groups in total. The van der Waals surface area contributed by atoms with Crippen LogP contribution in [0.15, 0.2) is 18.2 Å². The third-order valence-corrected chi connectivity index (χ3v) is 3.33. The highest BCUT2D eigenvalue weighted by atomic mass is 35.5. The van der Waals surface area contributed by atoms with Crippen molar-refractivity contribution in [2.24, 2.45) is 0 Å². The quantitative estimate of drug-likeness (QED) is 0.736. The van der Waals surface area contributed by atoms with Crippen LogP contribution in [0.3, 0.4) is 0 Å². The van der Waals surface area contributed by atoms with Crippen LogP contribution in [0.1, 0.15) is 24.8 Å². The van der Waals surface area contributed by atoms with Crippen molar-refractivity contribution in [1.82, 2.24) is 5.32 Å². The van der Waals surface area contributed by atoms with Gasteiger partial charge in [0.15, 0.2) is 0 Å². The number of rotatable bonds is 8. The lowest BCUT2D eigenvalue weighted by Crippen LogP contribution is -2.16. The number of methoxy groups -OCH3 is 1. The van der Waals surface area contributed by atoms with Gasteiger partial charge in [0, 0.05) is 43.3 Å². The SMILES string of the molecule is COCCCOc1cccc(Cl)c1CNC1CC1. The highest BCUT2D eigenvalue weighted by molar-refractivity contribution is 6.31. The van der Waals surface area contributed by atoms with Gasteiger partial charge in [0.2, 0.25) is 0 Å². The van der Waals surface area contributed by atoms with Crippen molar-refractivity contribution in [2.75, 3.05) is 20.3 Å². The molecule has 0 aliphatic heterocycles. The molecule has 0 radical (unpaired) electrons. The maximum Gasteiger partial charge on any atom is 0.125 e. The van der Waals surface area contributed by atoms with Crippen LogP contribution >= 0.6 is 11.6 Å². The monoisotopic (exact) mass is 269 g/mol. The molecule has 0 heterocycles. The van der Waals surface area contributed by atoms with E-state index in [0.717, 1.165) is 35.9 Å². The van der Waals surface area contributed by atoms with Crippen LogP contribution in [0.2, 0.25) is 5.02 Å². The second-order valence-corrected chi connectivity index (χ2v) is 4.97. The Morgan fingerprint density at radius 1 is 1.33 bits per heavy atom. The number of hydrogen-bond donors (Lipinski definition) is 1. The summed E-state index contributed by atoms with van der Waals surface area (Å²) in [5.74, 6) is 0.881. The van der Waals surface area contributed by atoms with Crippen LogP contribution in [0.5, 0.6) is 5.75 Å². The molecule has 18 heavy (non-hydrogen) atoms. The third-order valence-electron chi connectivity index (χ3n) is 2.97. The van der Waals surface area contributed by atoms with Crippen molar-refractivity contribution in [2.45, 2.75) is 31.8 Å². The van der Waals surface area contributed by atoms with Gasteiger partial charge in [-0.25, -0.2) is 0 Å². The van der Waals surface area contributed by atoms with Crippen molar-refractivity contribution < 1.29 is 9.47 Å². The van der Waals surface area contributed by atoms with Crippen LogP contribution in [0, 0.1) is 0 Å². The summed E-state index contributed by atoms with van der Waals surface area (Å²) in [6, 6.07) is 6.48. The number of nitrogens with one attached hydrogen (secondary N) is 1. The van der Waals surface area contributed by atoms with Crippen molar-refractivity contribution in [3.05, 3.63) is 28.8 Å². The molecule has 0 amide bonds. The van der Waals surface area contributed by atoms with Crippen molar-refractivity contribution in [3.63, 3.8) is 0 Å². The van der Waals surface area contributed by atoms with E-state index in [2.05, 4.69) is 5.32 Å². The Bertz CT molecular complexity index is 380. The Kier molecular flexibility index (Phi) is 5.29. The van der Waals surface area contributed by atoms with Crippen LogP contribution in [-0.2, 0) is 11.3 Å². The standard InChI is InChI=1S/C14H20ClNO2/c1-17-8-3-9-18-14-5-2-4-13(15)12(14)10-16-11-6-7-11/h2,4-5,11,16H,3,6-10H2,1H3. The average Bonchev–Trinajstić information content (AvgIpc) is 3.18. The van der Waals surface area contributed by atoms with Crippen LogP contribution in [0.4, 0.5) is 0 Å². The van der Waals surface area contributed by atoms with E-state index in [1.807, 2.05) is 18.2 Å².